The van der Waals surface area contributed by atoms with Crippen LogP contribution in [-0.4, -0.2) is 4.57 Å². The molecule has 0 N–H and O–H groups in total. The van der Waals surface area contributed by atoms with E-state index in [0.717, 1.165) is 12.8 Å². The lowest BCUT2D eigenvalue weighted by molar-refractivity contribution is 0.658. The van der Waals surface area contributed by atoms with E-state index in [2.05, 4.69) is 92.2 Å². The molecule has 0 saturated carbocycles. The highest BCUT2D eigenvalue weighted by atomic mass is 14.9. The van der Waals surface area contributed by atoms with Crippen molar-refractivity contribution in [1.29, 1.82) is 0 Å². The summed E-state index contributed by atoms with van der Waals surface area (Å²) in [5.74, 6) is 0.576. The molecule has 1 aromatic heterocycles. The Hall–Kier alpha value is -2.54. The van der Waals surface area contributed by atoms with Crippen LogP contribution in [0.1, 0.15) is 36.0 Å². The van der Waals surface area contributed by atoms with Gasteiger partial charge in [-0.2, -0.15) is 0 Å². The Kier molecular flexibility index (Phi) is 4.09. The van der Waals surface area contributed by atoms with Gasteiger partial charge in [-0.15, -0.1) is 0 Å². The van der Waals surface area contributed by atoms with Crippen molar-refractivity contribution in [3.8, 4) is 0 Å². The summed E-state index contributed by atoms with van der Waals surface area (Å²) in [7, 11) is 2.17. The number of nitrogens with zero attached hydrogens (tertiary/aromatic N) is 1. The minimum Gasteiger partial charge on any atom is -0.344 e. The Morgan fingerprint density at radius 3 is 2.32 bits per heavy atom. The predicted molar refractivity (Wildman–Crippen MR) is 108 cm³/mol. The molecule has 1 heterocycles. The van der Waals surface area contributed by atoms with E-state index < -0.39 is 0 Å². The van der Waals surface area contributed by atoms with Gasteiger partial charge in [0.2, 0.25) is 0 Å². The van der Waals surface area contributed by atoms with Gasteiger partial charge in [0.15, 0.2) is 0 Å². The van der Waals surface area contributed by atoms with Crippen LogP contribution in [0, 0.1) is 6.92 Å². The topological polar surface area (TPSA) is 4.93 Å². The average Bonchev–Trinajstić information content (AvgIpc) is 2.92. The SMILES string of the molecule is CCC(Cc1cc2c3ccccc3n(C)c2cc1C)c1ccccc1. The lowest BCUT2D eigenvalue weighted by atomic mass is 9.88. The monoisotopic (exact) mass is 327 g/mol. The van der Waals surface area contributed by atoms with Gasteiger partial charge < -0.3 is 4.57 Å². The molecule has 0 spiro atoms. The maximum absolute atomic E-state index is 2.43. The Balaban J connectivity index is 1.82. The van der Waals surface area contributed by atoms with E-state index in [4.69, 9.17) is 0 Å². The van der Waals surface area contributed by atoms with Gasteiger partial charge in [0, 0.05) is 28.9 Å². The third-order valence-corrected chi connectivity index (χ3v) is 5.60. The second-order valence-corrected chi connectivity index (χ2v) is 7.09. The van der Waals surface area contributed by atoms with E-state index in [1.807, 2.05) is 0 Å². The molecule has 0 radical (unpaired) electrons. The van der Waals surface area contributed by atoms with E-state index in [-0.39, 0.29) is 0 Å². The summed E-state index contributed by atoms with van der Waals surface area (Å²) < 4.78 is 2.32. The van der Waals surface area contributed by atoms with Crippen LogP contribution in [0.25, 0.3) is 21.8 Å². The van der Waals surface area contributed by atoms with Gasteiger partial charge in [-0.3, -0.25) is 0 Å². The second kappa shape index (κ2) is 6.40. The van der Waals surface area contributed by atoms with Gasteiger partial charge in [-0.05, 0) is 60.6 Å². The number of hydrogen-bond acceptors (Lipinski definition) is 0. The van der Waals surface area contributed by atoms with Crippen molar-refractivity contribution in [2.24, 2.45) is 7.05 Å². The fraction of sp³-hybridized carbons (Fsp3) is 0.250. The molecule has 1 nitrogen and oxygen atoms in total. The first-order chi connectivity index (χ1) is 12.2. The van der Waals surface area contributed by atoms with Crippen LogP contribution >= 0.6 is 0 Å². The van der Waals surface area contributed by atoms with E-state index in [9.17, 15) is 0 Å². The zero-order valence-corrected chi connectivity index (χ0v) is 15.3. The summed E-state index contributed by atoms with van der Waals surface area (Å²) in [6.45, 7) is 4.55. The van der Waals surface area contributed by atoms with Crippen molar-refractivity contribution in [2.75, 3.05) is 0 Å². The maximum Gasteiger partial charge on any atom is 0.0491 e. The number of fused-ring (bicyclic) bond motifs is 3. The molecule has 4 aromatic rings. The quantitative estimate of drug-likeness (QED) is 0.410. The largest absolute Gasteiger partial charge is 0.344 e. The van der Waals surface area contributed by atoms with E-state index in [0.29, 0.717) is 5.92 Å². The summed E-state index contributed by atoms with van der Waals surface area (Å²) in [6, 6.07) is 24.4. The normalized spacial score (nSPS) is 12.8. The van der Waals surface area contributed by atoms with Crippen LogP contribution in [0.2, 0.25) is 0 Å². The molecule has 126 valence electrons. The van der Waals surface area contributed by atoms with Crippen LogP contribution in [0.5, 0.6) is 0 Å². The molecule has 0 fully saturated rings. The molecular formula is C24H25N. The average molecular weight is 327 g/mol. The number of hydrogen-bond donors (Lipinski definition) is 0. The van der Waals surface area contributed by atoms with Crippen LogP contribution in [-0.2, 0) is 13.5 Å². The van der Waals surface area contributed by atoms with Crippen molar-refractivity contribution in [3.63, 3.8) is 0 Å². The summed E-state index contributed by atoms with van der Waals surface area (Å²) in [6.07, 6.45) is 2.27. The molecule has 0 amide bonds. The van der Waals surface area contributed by atoms with Crippen LogP contribution in [0.4, 0.5) is 0 Å². The maximum atomic E-state index is 2.43. The molecule has 3 aromatic carbocycles. The third kappa shape index (κ3) is 2.74. The Labute approximate surface area is 149 Å². The van der Waals surface area contributed by atoms with E-state index >= 15 is 0 Å². The molecule has 0 aliphatic rings. The number of aromatic nitrogens is 1. The Morgan fingerprint density at radius 2 is 1.56 bits per heavy atom. The smallest absolute Gasteiger partial charge is 0.0491 e. The van der Waals surface area contributed by atoms with Crippen molar-refractivity contribution in [2.45, 2.75) is 32.6 Å². The van der Waals surface area contributed by atoms with Crippen LogP contribution in [0.3, 0.4) is 0 Å². The molecule has 0 saturated heterocycles. The van der Waals surface area contributed by atoms with Gasteiger partial charge in [0.05, 0.1) is 0 Å². The summed E-state index contributed by atoms with van der Waals surface area (Å²) >= 11 is 0. The van der Waals surface area contributed by atoms with E-state index in [1.165, 1.54) is 38.5 Å². The van der Waals surface area contributed by atoms with Crippen molar-refractivity contribution in [1.82, 2.24) is 4.57 Å². The predicted octanol–water partition coefficient (Wildman–Crippen LogP) is 6.38. The van der Waals surface area contributed by atoms with Crippen molar-refractivity contribution < 1.29 is 0 Å². The molecule has 1 unspecified atom stereocenters. The first-order valence-corrected chi connectivity index (χ1v) is 9.20. The fourth-order valence-corrected chi connectivity index (χ4v) is 4.06. The molecule has 1 heteroatoms. The molecule has 0 aliphatic carbocycles. The molecule has 4 rings (SSSR count). The second-order valence-electron chi connectivity index (χ2n) is 7.09. The molecule has 0 bridgehead atoms. The zero-order valence-electron chi connectivity index (χ0n) is 15.3. The number of rotatable bonds is 4. The molecule has 1 atom stereocenters. The number of para-hydroxylation sites is 1. The van der Waals surface area contributed by atoms with Gasteiger partial charge in [-0.1, -0.05) is 55.5 Å². The van der Waals surface area contributed by atoms with Gasteiger partial charge >= 0.3 is 0 Å². The lowest BCUT2D eigenvalue weighted by Crippen LogP contribution is -2.03. The summed E-state index contributed by atoms with van der Waals surface area (Å²) in [4.78, 5) is 0. The van der Waals surface area contributed by atoms with Gasteiger partial charge in [-0.25, -0.2) is 0 Å². The van der Waals surface area contributed by atoms with Crippen molar-refractivity contribution in [3.05, 3.63) is 83.4 Å². The van der Waals surface area contributed by atoms with Crippen molar-refractivity contribution >= 4 is 21.8 Å². The fourth-order valence-electron chi connectivity index (χ4n) is 4.06. The summed E-state index contributed by atoms with van der Waals surface area (Å²) in [5.41, 5.74) is 6.95. The molecular weight excluding hydrogens is 302 g/mol. The molecule has 25 heavy (non-hydrogen) atoms. The third-order valence-electron chi connectivity index (χ3n) is 5.60. The highest BCUT2D eigenvalue weighted by molar-refractivity contribution is 6.08. The first-order valence-electron chi connectivity index (χ1n) is 9.20. The van der Waals surface area contributed by atoms with Gasteiger partial charge in [0.25, 0.3) is 0 Å². The zero-order chi connectivity index (χ0) is 17.4. The minimum absolute atomic E-state index is 0.576. The van der Waals surface area contributed by atoms with Gasteiger partial charge in [0.1, 0.15) is 0 Å². The first kappa shape index (κ1) is 16.0. The summed E-state index contributed by atoms with van der Waals surface area (Å²) in [5, 5.41) is 2.73. The highest BCUT2D eigenvalue weighted by Crippen LogP contribution is 2.33. The number of aryl methyl sites for hydroxylation is 2. The Bertz CT molecular complexity index is 1020. The Morgan fingerprint density at radius 1 is 0.840 bits per heavy atom. The highest BCUT2D eigenvalue weighted by Gasteiger charge is 2.15. The van der Waals surface area contributed by atoms with E-state index in [1.54, 1.807) is 0 Å². The van der Waals surface area contributed by atoms with Crippen LogP contribution in [0.15, 0.2) is 66.7 Å². The number of benzene rings is 3. The minimum atomic E-state index is 0.576. The molecule has 0 aliphatic heterocycles. The lowest BCUT2D eigenvalue weighted by Gasteiger charge is -2.17. The standard InChI is InChI=1S/C24H25N/c1-4-18(19-10-6-5-7-11-19)15-20-16-22-21-12-8-9-13-23(21)25(3)24(22)14-17(20)2/h5-14,16,18H,4,15H2,1-3H3. The van der Waals surface area contributed by atoms with Crippen LogP contribution < -0.4 is 0 Å².